The molecule has 0 aliphatic rings. The van der Waals surface area contributed by atoms with Gasteiger partial charge in [0.15, 0.2) is 0 Å². The van der Waals surface area contributed by atoms with Gasteiger partial charge >= 0.3 is 0 Å². The molecule has 0 N–H and O–H groups in total. The van der Waals surface area contributed by atoms with E-state index in [9.17, 15) is 0 Å². The van der Waals surface area contributed by atoms with Crippen LogP contribution in [-0.2, 0) is 0 Å². The molecule has 0 atom stereocenters. The van der Waals surface area contributed by atoms with E-state index >= 15 is 0 Å². The predicted octanol–water partition coefficient (Wildman–Crippen LogP) is 4.94. The van der Waals surface area contributed by atoms with Crippen molar-refractivity contribution < 1.29 is 0 Å². The maximum atomic E-state index is 4.78. The van der Waals surface area contributed by atoms with E-state index in [-0.39, 0.29) is 5.92 Å². The minimum atomic E-state index is 0.231. The number of aryl methyl sites for hydroxylation is 2. The Labute approximate surface area is 124 Å². The van der Waals surface area contributed by atoms with E-state index in [1.807, 2.05) is 0 Å². The zero-order chi connectivity index (χ0) is 13.9. The number of benzene rings is 2. The van der Waals surface area contributed by atoms with Gasteiger partial charge in [-0.2, -0.15) is 0 Å². The summed E-state index contributed by atoms with van der Waals surface area (Å²) >= 11 is 1.80. The van der Waals surface area contributed by atoms with Crippen molar-refractivity contribution in [1.82, 2.24) is 4.98 Å². The first-order valence-electron chi connectivity index (χ1n) is 6.79. The molecular weight excluding hydrogens is 262 g/mol. The highest BCUT2D eigenvalue weighted by molar-refractivity contribution is 7.11. The Balaban J connectivity index is 2.14. The highest BCUT2D eigenvalue weighted by atomic mass is 32.1. The molecule has 0 bridgehead atoms. The van der Waals surface area contributed by atoms with Crippen molar-refractivity contribution in [2.75, 3.05) is 0 Å². The average molecular weight is 279 g/mol. The molecule has 0 unspecified atom stereocenters. The Morgan fingerprint density at radius 1 is 0.800 bits per heavy atom. The molecule has 0 radical (unpaired) electrons. The van der Waals surface area contributed by atoms with Crippen LogP contribution in [0.1, 0.15) is 32.6 Å². The summed E-state index contributed by atoms with van der Waals surface area (Å²) in [5.74, 6) is 0.231. The molecule has 2 heteroatoms. The summed E-state index contributed by atoms with van der Waals surface area (Å²) in [6.45, 7) is 4.23. The second-order valence-corrected chi connectivity index (χ2v) is 6.18. The van der Waals surface area contributed by atoms with Crippen molar-refractivity contribution in [2.24, 2.45) is 0 Å². The predicted molar refractivity (Wildman–Crippen MR) is 85.4 cm³/mol. The van der Waals surface area contributed by atoms with Crippen LogP contribution in [0.15, 0.2) is 60.7 Å². The third-order valence-corrected chi connectivity index (χ3v) is 4.70. The molecule has 0 saturated carbocycles. The van der Waals surface area contributed by atoms with Crippen LogP contribution < -0.4 is 0 Å². The van der Waals surface area contributed by atoms with Crippen LogP contribution in [-0.4, -0.2) is 4.98 Å². The van der Waals surface area contributed by atoms with Crippen LogP contribution in [0.4, 0.5) is 0 Å². The lowest BCUT2D eigenvalue weighted by Crippen LogP contribution is -2.02. The van der Waals surface area contributed by atoms with Crippen molar-refractivity contribution in [3.63, 3.8) is 0 Å². The second-order valence-electron chi connectivity index (χ2n) is 4.95. The zero-order valence-corrected chi connectivity index (χ0v) is 12.5. The first-order valence-corrected chi connectivity index (χ1v) is 7.61. The molecule has 0 fully saturated rings. The van der Waals surface area contributed by atoms with Crippen molar-refractivity contribution >= 4 is 11.3 Å². The summed E-state index contributed by atoms with van der Waals surface area (Å²) in [6, 6.07) is 21.2. The Bertz CT molecular complexity index is 627. The van der Waals surface area contributed by atoms with Gasteiger partial charge in [0.1, 0.15) is 5.01 Å². The molecule has 100 valence electrons. The van der Waals surface area contributed by atoms with E-state index in [0.717, 1.165) is 5.69 Å². The monoisotopic (exact) mass is 279 g/mol. The first-order chi connectivity index (χ1) is 9.75. The van der Waals surface area contributed by atoms with Gasteiger partial charge in [0.25, 0.3) is 0 Å². The molecule has 1 nitrogen and oxygen atoms in total. The number of hydrogen-bond donors (Lipinski definition) is 0. The molecular formula is C18H17NS. The van der Waals surface area contributed by atoms with Gasteiger partial charge in [-0.25, -0.2) is 4.98 Å². The van der Waals surface area contributed by atoms with Crippen LogP contribution in [0.5, 0.6) is 0 Å². The van der Waals surface area contributed by atoms with Crippen LogP contribution in [0.25, 0.3) is 0 Å². The van der Waals surface area contributed by atoms with Crippen LogP contribution >= 0.6 is 11.3 Å². The molecule has 20 heavy (non-hydrogen) atoms. The molecule has 3 aromatic rings. The SMILES string of the molecule is Cc1nc(C(c2ccccc2)c2ccccc2)sc1C. The minimum absolute atomic E-state index is 0.231. The Morgan fingerprint density at radius 2 is 1.30 bits per heavy atom. The van der Waals surface area contributed by atoms with Gasteiger partial charge in [0.05, 0.1) is 11.6 Å². The molecule has 0 aliphatic heterocycles. The number of hydrogen-bond acceptors (Lipinski definition) is 2. The quantitative estimate of drug-likeness (QED) is 0.661. The van der Waals surface area contributed by atoms with E-state index in [4.69, 9.17) is 4.98 Å². The third kappa shape index (κ3) is 2.52. The molecule has 0 saturated heterocycles. The fourth-order valence-corrected chi connectivity index (χ4v) is 3.47. The minimum Gasteiger partial charge on any atom is -0.245 e. The topological polar surface area (TPSA) is 12.9 Å². The standard InChI is InChI=1S/C18H17NS/c1-13-14(2)20-18(19-13)17(15-9-5-3-6-10-15)16-11-7-4-8-12-16/h3-12,17H,1-2H3. The van der Waals surface area contributed by atoms with Crippen molar-refractivity contribution in [3.8, 4) is 0 Å². The van der Waals surface area contributed by atoms with Gasteiger partial charge in [-0.15, -0.1) is 11.3 Å². The molecule has 0 spiro atoms. The lowest BCUT2D eigenvalue weighted by atomic mass is 9.92. The second kappa shape index (κ2) is 5.59. The van der Waals surface area contributed by atoms with Gasteiger partial charge in [0, 0.05) is 4.88 Å². The van der Waals surface area contributed by atoms with Gasteiger partial charge in [0.2, 0.25) is 0 Å². The number of nitrogens with zero attached hydrogens (tertiary/aromatic N) is 1. The Hall–Kier alpha value is -1.93. The summed E-state index contributed by atoms with van der Waals surface area (Å²) in [5.41, 5.74) is 3.74. The maximum Gasteiger partial charge on any atom is 0.105 e. The van der Waals surface area contributed by atoms with Gasteiger partial charge in [-0.1, -0.05) is 60.7 Å². The lowest BCUT2D eigenvalue weighted by molar-refractivity contribution is 0.945. The number of aromatic nitrogens is 1. The van der Waals surface area contributed by atoms with Crippen LogP contribution in [0.2, 0.25) is 0 Å². The number of rotatable bonds is 3. The van der Waals surface area contributed by atoms with Gasteiger partial charge in [-0.05, 0) is 25.0 Å². The smallest absolute Gasteiger partial charge is 0.105 e. The fourth-order valence-electron chi connectivity index (χ4n) is 2.39. The van der Waals surface area contributed by atoms with E-state index in [1.54, 1.807) is 11.3 Å². The van der Waals surface area contributed by atoms with E-state index in [1.165, 1.54) is 21.0 Å². The number of thiazole rings is 1. The molecule has 1 aromatic heterocycles. The lowest BCUT2D eigenvalue weighted by Gasteiger charge is -2.15. The Morgan fingerprint density at radius 3 is 1.70 bits per heavy atom. The van der Waals surface area contributed by atoms with Crippen LogP contribution in [0.3, 0.4) is 0 Å². The Kier molecular flexibility index (Phi) is 3.66. The summed E-state index contributed by atoms with van der Waals surface area (Å²) in [6.07, 6.45) is 0. The summed E-state index contributed by atoms with van der Waals surface area (Å²) in [4.78, 5) is 6.08. The zero-order valence-electron chi connectivity index (χ0n) is 11.7. The average Bonchev–Trinajstić information content (AvgIpc) is 2.81. The van der Waals surface area contributed by atoms with Crippen molar-refractivity contribution in [2.45, 2.75) is 19.8 Å². The van der Waals surface area contributed by atoms with Gasteiger partial charge in [-0.3, -0.25) is 0 Å². The highest BCUT2D eigenvalue weighted by Gasteiger charge is 2.20. The highest BCUT2D eigenvalue weighted by Crippen LogP contribution is 2.35. The third-order valence-electron chi connectivity index (χ3n) is 3.56. The normalized spacial score (nSPS) is 10.9. The molecule has 0 aliphatic carbocycles. The summed E-state index contributed by atoms with van der Waals surface area (Å²) in [7, 11) is 0. The summed E-state index contributed by atoms with van der Waals surface area (Å²) < 4.78 is 0. The van der Waals surface area contributed by atoms with Crippen molar-refractivity contribution in [1.29, 1.82) is 0 Å². The van der Waals surface area contributed by atoms with E-state index < -0.39 is 0 Å². The molecule has 1 heterocycles. The largest absolute Gasteiger partial charge is 0.245 e. The van der Waals surface area contributed by atoms with Crippen molar-refractivity contribution in [3.05, 3.63) is 87.4 Å². The van der Waals surface area contributed by atoms with E-state index in [0.29, 0.717) is 0 Å². The maximum absolute atomic E-state index is 4.78. The molecule has 2 aromatic carbocycles. The van der Waals surface area contributed by atoms with Gasteiger partial charge < -0.3 is 0 Å². The fraction of sp³-hybridized carbons (Fsp3) is 0.167. The first kappa shape index (κ1) is 13.1. The molecule has 3 rings (SSSR count). The molecule has 0 amide bonds. The van der Waals surface area contributed by atoms with E-state index in [2.05, 4.69) is 74.5 Å². The van der Waals surface area contributed by atoms with Crippen LogP contribution in [0, 0.1) is 13.8 Å². The summed E-state index contributed by atoms with van der Waals surface area (Å²) in [5, 5.41) is 1.18.